The highest BCUT2D eigenvalue weighted by molar-refractivity contribution is 5.80. The fourth-order valence-electron chi connectivity index (χ4n) is 1.75. The summed E-state index contributed by atoms with van der Waals surface area (Å²) in [6, 6.07) is 17.4. The summed E-state index contributed by atoms with van der Waals surface area (Å²) in [4.78, 5) is 10.8. The van der Waals surface area contributed by atoms with E-state index in [1.165, 1.54) is 13.3 Å². The molecule has 0 aromatic heterocycles. The van der Waals surface area contributed by atoms with Gasteiger partial charge in [0, 0.05) is 0 Å². The molecule has 2 aromatic rings. The molecule has 0 saturated carbocycles. The third-order valence-corrected chi connectivity index (χ3v) is 2.89. The van der Waals surface area contributed by atoms with Crippen LogP contribution in [0.4, 0.5) is 4.79 Å². The zero-order valence-electron chi connectivity index (χ0n) is 12.8. The summed E-state index contributed by atoms with van der Waals surface area (Å²) in [5.74, 6) is 0.765. The van der Waals surface area contributed by atoms with Crippen molar-refractivity contribution in [3.63, 3.8) is 0 Å². The molecule has 0 heterocycles. The van der Waals surface area contributed by atoms with Gasteiger partial charge < -0.3 is 9.47 Å². The summed E-state index contributed by atoms with van der Waals surface area (Å²) < 4.78 is 10.0. The Morgan fingerprint density at radius 2 is 1.83 bits per heavy atom. The van der Waals surface area contributed by atoms with Gasteiger partial charge in [-0.25, -0.2) is 10.2 Å². The summed E-state index contributed by atoms with van der Waals surface area (Å²) >= 11 is 0. The summed E-state index contributed by atoms with van der Waals surface area (Å²) in [6.07, 6.45) is 4.90. The number of hydrogen-bond donors (Lipinski definition) is 1. The minimum absolute atomic E-state index is 0.492. The lowest BCUT2D eigenvalue weighted by atomic mass is 10.2. The molecular formula is C18H18N2O3. The molecule has 0 atom stereocenters. The first kappa shape index (κ1) is 16.3. The standard InChI is InChI=1S/C18H18N2O3/c1-22-18(21)20-19-14-16-9-11-17(12-10-16)23-13-5-8-15-6-3-2-4-7-15/h2-12,14H,13H2,1H3,(H,20,21)/b8-5+,19-14+. The fraction of sp³-hybridized carbons (Fsp3) is 0.111. The van der Waals surface area contributed by atoms with E-state index in [1.54, 1.807) is 0 Å². The lowest BCUT2D eigenvalue weighted by Gasteiger charge is -2.03. The number of carbonyl (C=O) groups excluding carboxylic acids is 1. The van der Waals surface area contributed by atoms with Crippen LogP contribution in [0.25, 0.3) is 6.08 Å². The van der Waals surface area contributed by atoms with Gasteiger partial charge in [-0.3, -0.25) is 0 Å². The minimum atomic E-state index is -0.605. The third-order valence-electron chi connectivity index (χ3n) is 2.89. The monoisotopic (exact) mass is 310 g/mol. The molecule has 0 radical (unpaired) electrons. The number of benzene rings is 2. The number of carbonyl (C=O) groups is 1. The summed E-state index contributed by atoms with van der Waals surface area (Å²) in [5.41, 5.74) is 4.20. The van der Waals surface area contributed by atoms with Crippen LogP contribution in [-0.2, 0) is 4.74 Å². The molecule has 0 bridgehead atoms. The van der Waals surface area contributed by atoms with Crippen LogP contribution < -0.4 is 10.2 Å². The molecule has 0 saturated heterocycles. The summed E-state index contributed by atoms with van der Waals surface area (Å²) in [5, 5.41) is 3.75. The Hall–Kier alpha value is -3.08. The van der Waals surface area contributed by atoms with E-state index in [-0.39, 0.29) is 0 Å². The molecule has 2 rings (SSSR count). The first-order valence-corrected chi connectivity index (χ1v) is 7.09. The van der Waals surface area contributed by atoms with Crippen molar-refractivity contribution >= 4 is 18.4 Å². The van der Waals surface area contributed by atoms with Gasteiger partial charge in [0.25, 0.3) is 0 Å². The zero-order chi connectivity index (χ0) is 16.3. The molecule has 0 spiro atoms. The van der Waals surface area contributed by atoms with Crippen molar-refractivity contribution in [3.8, 4) is 5.75 Å². The van der Waals surface area contributed by atoms with E-state index in [1.807, 2.05) is 66.7 Å². The van der Waals surface area contributed by atoms with Gasteiger partial charge in [-0.15, -0.1) is 0 Å². The Morgan fingerprint density at radius 3 is 2.52 bits per heavy atom. The normalized spacial score (nSPS) is 10.8. The van der Waals surface area contributed by atoms with Crippen LogP contribution in [0, 0.1) is 0 Å². The number of rotatable bonds is 6. The molecule has 0 fully saturated rings. The van der Waals surface area contributed by atoms with Crippen LogP contribution in [0.15, 0.2) is 65.8 Å². The predicted molar refractivity (Wildman–Crippen MR) is 90.5 cm³/mol. The van der Waals surface area contributed by atoms with E-state index >= 15 is 0 Å². The minimum Gasteiger partial charge on any atom is -0.490 e. The van der Waals surface area contributed by atoms with Crippen molar-refractivity contribution in [3.05, 3.63) is 71.8 Å². The number of ether oxygens (including phenoxy) is 2. The maximum absolute atomic E-state index is 10.8. The smallest absolute Gasteiger partial charge is 0.427 e. The lowest BCUT2D eigenvalue weighted by Crippen LogP contribution is -2.16. The number of amides is 1. The van der Waals surface area contributed by atoms with Gasteiger partial charge in [-0.1, -0.05) is 36.4 Å². The summed E-state index contributed by atoms with van der Waals surface area (Å²) in [7, 11) is 1.28. The molecular weight excluding hydrogens is 292 g/mol. The molecule has 0 aliphatic heterocycles. The Morgan fingerprint density at radius 1 is 1.09 bits per heavy atom. The lowest BCUT2D eigenvalue weighted by molar-refractivity contribution is 0.171. The average molecular weight is 310 g/mol. The van der Waals surface area contributed by atoms with Gasteiger partial charge in [-0.05, 0) is 41.5 Å². The predicted octanol–water partition coefficient (Wildman–Crippen LogP) is 3.47. The van der Waals surface area contributed by atoms with Crippen molar-refractivity contribution in [2.45, 2.75) is 0 Å². The van der Waals surface area contributed by atoms with Crippen LogP contribution in [0.1, 0.15) is 11.1 Å². The topological polar surface area (TPSA) is 59.9 Å². The highest BCUT2D eigenvalue weighted by Gasteiger charge is 1.95. The van der Waals surface area contributed by atoms with Crippen LogP contribution in [-0.4, -0.2) is 26.0 Å². The van der Waals surface area contributed by atoms with Gasteiger partial charge in [0.15, 0.2) is 0 Å². The van der Waals surface area contributed by atoms with Crippen LogP contribution in [0.5, 0.6) is 5.75 Å². The Balaban J connectivity index is 1.78. The quantitative estimate of drug-likeness (QED) is 0.656. The molecule has 1 N–H and O–H groups in total. The van der Waals surface area contributed by atoms with E-state index < -0.39 is 6.09 Å². The molecule has 0 aliphatic rings. The van der Waals surface area contributed by atoms with Crippen molar-refractivity contribution in [2.24, 2.45) is 5.10 Å². The highest BCUT2D eigenvalue weighted by atomic mass is 16.5. The summed E-state index contributed by atoms with van der Waals surface area (Å²) in [6.45, 7) is 0.492. The zero-order valence-corrected chi connectivity index (χ0v) is 12.8. The maximum atomic E-state index is 10.8. The van der Waals surface area contributed by atoms with E-state index in [0.29, 0.717) is 6.61 Å². The Kier molecular flexibility index (Phi) is 6.41. The number of hydrogen-bond acceptors (Lipinski definition) is 4. The third kappa shape index (κ3) is 6.05. The molecule has 2 aromatic carbocycles. The van der Waals surface area contributed by atoms with Crippen molar-refractivity contribution < 1.29 is 14.3 Å². The molecule has 1 amide bonds. The maximum Gasteiger partial charge on any atom is 0.427 e. The van der Waals surface area contributed by atoms with Crippen molar-refractivity contribution in [2.75, 3.05) is 13.7 Å². The Labute approximate surface area is 135 Å². The number of hydrazone groups is 1. The first-order valence-electron chi connectivity index (χ1n) is 7.09. The molecule has 0 aliphatic carbocycles. The van der Waals surface area contributed by atoms with Crippen LogP contribution in [0.2, 0.25) is 0 Å². The molecule has 23 heavy (non-hydrogen) atoms. The van der Waals surface area contributed by atoms with Crippen molar-refractivity contribution in [1.29, 1.82) is 0 Å². The van der Waals surface area contributed by atoms with E-state index in [4.69, 9.17) is 4.74 Å². The average Bonchev–Trinajstić information content (AvgIpc) is 2.60. The van der Waals surface area contributed by atoms with E-state index in [9.17, 15) is 4.79 Å². The molecule has 0 unspecified atom stereocenters. The second-order valence-electron chi connectivity index (χ2n) is 4.55. The van der Waals surface area contributed by atoms with Crippen LogP contribution in [0.3, 0.4) is 0 Å². The first-order chi connectivity index (χ1) is 11.3. The van der Waals surface area contributed by atoms with Gasteiger partial charge in [0.2, 0.25) is 0 Å². The molecule has 5 heteroatoms. The molecule has 5 nitrogen and oxygen atoms in total. The SMILES string of the molecule is COC(=O)N/N=C/c1ccc(OC/C=C/c2ccccc2)cc1. The van der Waals surface area contributed by atoms with Gasteiger partial charge >= 0.3 is 6.09 Å². The second kappa shape index (κ2) is 9.04. The highest BCUT2D eigenvalue weighted by Crippen LogP contribution is 2.11. The Bertz CT molecular complexity index is 664. The number of nitrogens with zero attached hydrogens (tertiary/aromatic N) is 1. The molecule has 118 valence electrons. The van der Waals surface area contributed by atoms with Crippen LogP contribution >= 0.6 is 0 Å². The van der Waals surface area contributed by atoms with E-state index in [2.05, 4.69) is 15.3 Å². The second-order valence-corrected chi connectivity index (χ2v) is 4.55. The van der Waals surface area contributed by atoms with Gasteiger partial charge in [0.05, 0.1) is 13.3 Å². The van der Waals surface area contributed by atoms with E-state index in [0.717, 1.165) is 16.9 Å². The number of methoxy groups -OCH3 is 1. The van der Waals surface area contributed by atoms with Crippen molar-refractivity contribution in [1.82, 2.24) is 5.43 Å². The number of nitrogens with one attached hydrogen (secondary N) is 1. The largest absolute Gasteiger partial charge is 0.490 e. The van der Waals surface area contributed by atoms with Gasteiger partial charge in [-0.2, -0.15) is 5.10 Å². The van der Waals surface area contributed by atoms with Gasteiger partial charge in [0.1, 0.15) is 12.4 Å². The fourth-order valence-corrected chi connectivity index (χ4v) is 1.75.